The summed E-state index contributed by atoms with van der Waals surface area (Å²) < 4.78 is 0. The van der Waals surface area contributed by atoms with Crippen molar-refractivity contribution in [3.8, 4) is 0 Å². The van der Waals surface area contributed by atoms with Crippen LogP contribution < -0.4 is 5.73 Å². The van der Waals surface area contributed by atoms with Crippen molar-refractivity contribution in [3.05, 3.63) is 0 Å². The van der Waals surface area contributed by atoms with E-state index in [1.165, 1.54) is 0 Å². The highest BCUT2D eigenvalue weighted by molar-refractivity contribution is 5.85. The molecule has 2 rings (SSSR count). The van der Waals surface area contributed by atoms with Crippen molar-refractivity contribution in [2.45, 2.75) is 52.0 Å². The van der Waals surface area contributed by atoms with Crippen molar-refractivity contribution in [1.82, 2.24) is 4.90 Å². The summed E-state index contributed by atoms with van der Waals surface area (Å²) in [7, 11) is 0. The van der Waals surface area contributed by atoms with Crippen LogP contribution in [-0.4, -0.2) is 41.0 Å². The van der Waals surface area contributed by atoms with Crippen molar-refractivity contribution >= 4 is 11.9 Å². The normalized spacial score (nSPS) is 29.7. The van der Waals surface area contributed by atoms with E-state index in [0.29, 0.717) is 31.3 Å². The van der Waals surface area contributed by atoms with Crippen LogP contribution in [0, 0.1) is 23.7 Å². The summed E-state index contributed by atoms with van der Waals surface area (Å²) >= 11 is 0. The molecule has 0 aromatic carbocycles. The van der Waals surface area contributed by atoms with Gasteiger partial charge in [0.2, 0.25) is 5.91 Å². The Morgan fingerprint density at radius 3 is 2.62 bits per heavy atom. The van der Waals surface area contributed by atoms with Crippen molar-refractivity contribution in [3.63, 3.8) is 0 Å². The third-order valence-corrected chi connectivity index (χ3v) is 5.07. The summed E-state index contributed by atoms with van der Waals surface area (Å²) in [6, 6.07) is -0.609. The van der Waals surface area contributed by atoms with E-state index in [1.807, 2.05) is 0 Å². The second-order valence-corrected chi connectivity index (χ2v) is 7.12. The first kappa shape index (κ1) is 16.3. The Morgan fingerprint density at radius 1 is 1.33 bits per heavy atom. The first-order valence-electron chi connectivity index (χ1n) is 8.16. The number of hydrogen-bond donors (Lipinski definition) is 2. The third kappa shape index (κ3) is 3.57. The number of carboxylic acids is 1. The predicted octanol–water partition coefficient (Wildman–Crippen LogP) is 1.71. The smallest absolute Gasteiger partial charge is 0.326 e. The van der Waals surface area contributed by atoms with Crippen LogP contribution >= 0.6 is 0 Å². The van der Waals surface area contributed by atoms with E-state index in [4.69, 9.17) is 5.73 Å². The second-order valence-electron chi connectivity index (χ2n) is 7.12. The number of aliphatic carboxylic acids is 1. The van der Waals surface area contributed by atoms with E-state index in [-0.39, 0.29) is 17.7 Å². The number of rotatable bonds is 6. The van der Waals surface area contributed by atoms with E-state index in [9.17, 15) is 14.7 Å². The zero-order chi connectivity index (χ0) is 15.6. The Balaban J connectivity index is 2.02. The van der Waals surface area contributed by atoms with Gasteiger partial charge in [-0.15, -0.1) is 0 Å². The van der Waals surface area contributed by atoms with E-state index < -0.39 is 12.0 Å². The predicted molar refractivity (Wildman–Crippen MR) is 80.6 cm³/mol. The molecule has 21 heavy (non-hydrogen) atoms. The van der Waals surface area contributed by atoms with Gasteiger partial charge in [0.15, 0.2) is 0 Å². The minimum atomic E-state index is -0.842. The molecule has 120 valence electrons. The van der Waals surface area contributed by atoms with Gasteiger partial charge in [0.05, 0.1) is 0 Å². The minimum Gasteiger partial charge on any atom is -0.480 e. The van der Waals surface area contributed by atoms with Gasteiger partial charge in [0.1, 0.15) is 6.04 Å². The molecule has 1 aliphatic carbocycles. The molecular weight excluding hydrogens is 268 g/mol. The van der Waals surface area contributed by atoms with Crippen LogP contribution in [0.1, 0.15) is 46.0 Å². The molecule has 4 unspecified atom stereocenters. The summed E-state index contributed by atoms with van der Waals surface area (Å²) in [6.07, 6.45) is 4.40. The maximum atomic E-state index is 12.5. The number of nitrogens with zero attached hydrogens (tertiary/aromatic N) is 1. The highest BCUT2D eigenvalue weighted by Gasteiger charge is 2.49. The molecule has 1 saturated carbocycles. The number of likely N-dealkylation sites (tertiary alicyclic amines) is 1. The lowest BCUT2D eigenvalue weighted by Gasteiger charge is -2.26. The van der Waals surface area contributed by atoms with Gasteiger partial charge in [0, 0.05) is 13.0 Å². The number of nitrogens with two attached hydrogens (primary N) is 1. The summed E-state index contributed by atoms with van der Waals surface area (Å²) in [5, 5.41) is 9.50. The Morgan fingerprint density at radius 2 is 2.05 bits per heavy atom. The number of carbonyl (C=O) groups is 2. The molecule has 2 fully saturated rings. The van der Waals surface area contributed by atoms with Gasteiger partial charge in [-0.1, -0.05) is 20.3 Å². The first-order chi connectivity index (χ1) is 9.93. The van der Waals surface area contributed by atoms with Gasteiger partial charge >= 0.3 is 5.97 Å². The highest BCUT2D eigenvalue weighted by atomic mass is 16.4. The van der Waals surface area contributed by atoms with Gasteiger partial charge < -0.3 is 15.7 Å². The molecule has 0 aromatic rings. The molecule has 1 amide bonds. The maximum Gasteiger partial charge on any atom is 0.326 e. The molecule has 0 aromatic heterocycles. The fourth-order valence-electron chi connectivity index (χ4n) is 4.17. The van der Waals surface area contributed by atoms with Crippen LogP contribution in [0.4, 0.5) is 0 Å². The zero-order valence-corrected chi connectivity index (χ0v) is 13.1. The van der Waals surface area contributed by atoms with E-state index >= 15 is 0 Å². The van der Waals surface area contributed by atoms with Crippen LogP contribution in [0.15, 0.2) is 0 Å². The second kappa shape index (κ2) is 6.77. The van der Waals surface area contributed by atoms with Gasteiger partial charge in [-0.05, 0) is 49.5 Å². The van der Waals surface area contributed by atoms with Crippen molar-refractivity contribution in [2.24, 2.45) is 29.4 Å². The largest absolute Gasteiger partial charge is 0.480 e. The average molecular weight is 296 g/mol. The molecule has 1 heterocycles. The first-order valence-corrected chi connectivity index (χ1v) is 8.16. The SMILES string of the molecule is CC(C)CC(CN)CC(=O)N1CC2CCCC2C1C(=O)O. The lowest BCUT2D eigenvalue weighted by atomic mass is 9.93. The highest BCUT2D eigenvalue weighted by Crippen LogP contribution is 2.42. The van der Waals surface area contributed by atoms with Gasteiger partial charge in [0.25, 0.3) is 0 Å². The molecule has 0 bridgehead atoms. The number of hydrogen-bond acceptors (Lipinski definition) is 3. The van der Waals surface area contributed by atoms with Crippen LogP contribution in [0.5, 0.6) is 0 Å². The number of fused-ring (bicyclic) bond motifs is 1. The van der Waals surface area contributed by atoms with E-state index in [2.05, 4.69) is 13.8 Å². The van der Waals surface area contributed by atoms with Crippen molar-refractivity contribution < 1.29 is 14.7 Å². The maximum absolute atomic E-state index is 12.5. The molecule has 3 N–H and O–H groups in total. The summed E-state index contributed by atoms with van der Waals surface area (Å²) in [5.41, 5.74) is 5.77. The number of carboxylic acid groups (broad SMARTS) is 1. The Kier molecular flexibility index (Phi) is 5.25. The molecule has 5 heteroatoms. The summed E-state index contributed by atoms with van der Waals surface area (Å²) in [6.45, 7) is 5.35. The summed E-state index contributed by atoms with van der Waals surface area (Å²) in [4.78, 5) is 25.7. The van der Waals surface area contributed by atoms with Crippen LogP contribution in [0.25, 0.3) is 0 Å². The van der Waals surface area contributed by atoms with Crippen LogP contribution in [0.3, 0.4) is 0 Å². The fourth-order valence-corrected chi connectivity index (χ4v) is 4.17. The van der Waals surface area contributed by atoms with E-state index in [1.54, 1.807) is 4.90 Å². The number of carbonyl (C=O) groups excluding carboxylic acids is 1. The average Bonchev–Trinajstić information content (AvgIpc) is 2.96. The monoisotopic (exact) mass is 296 g/mol. The molecule has 5 nitrogen and oxygen atoms in total. The lowest BCUT2D eigenvalue weighted by Crippen LogP contribution is -2.44. The van der Waals surface area contributed by atoms with Gasteiger partial charge in [-0.2, -0.15) is 0 Å². The molecule has 1 aliphatic heterocycles. The molecule has 1 saturated heterocycles. The molecule has 0 spiro atoms. The Hall–Kier alpha value is -1.10. The van der Waals surface area contributed by atoms with Crippen molar-refractivity contribution in [1.29, 1.82) is 0 Å². The Labute approximate surface area is 126 Å². The molecule has 0 radical (unpaired) electrons. The third-order valence-electron chi connectivity index (χ3n) is 5.07. The fraction of sp³-hybridized carbons (Fsp3) is 0.875. The van der Waals surface area contributed by atoms with E-state index in [0.717, 1.165) is 25.7 Å². The zero-order valence-electron chi connectivity index (χ0n) is 13.1. The van der Waals surface area contributed by atoms with Gasteiger partial charge in [-0.25, -0.2) is 4.79 Å². The van der Waals surface area contributed by atoms with Crippen LogP contribution in [-0.2, 0) is 9.59 Å². The molecular formula is C16H28N2O3. The Bertz CT molecular complexity index is 397. The number of amides is 1. The minimum absolute atomic E-state index is 0.0205. The van der Waals surface area contributed by atoms with Crippen molar-refractivity contribution in [2.75, 3.05) is 13.1 Å². The quantitative estimate of drug-likeness (QED) is 0.781. The standard InChI is InChI=1S/C16H28N2O3/c1-10(2)6-11(8-17)7-14(19)18-9-12-4-3-5-13(12)15(18)16(20)21/h10-13,15H,3-9,17H2,1-2H3,(H,20,21). The van der Waals surface area contributed by atoms with Gasteiger partial charge in [-0.3, -0.25) is 4.79 Å². The topological polar surface area (TPSA) is 83.6 Å². The molecule has 4 atom stereocenters. The molecule has 2 aliphatic rings. The van der Waals surface area contributed by atoms with Crippen LogP contribution in [0.2, 0.25) is 0 Å². The summed E-state index contributed by atoms with van der Waals surface area (Å²) in [5.74, 6) is 0.343. The lowest BCUT2D eigenvalue weighted by molar-refractivity contribution is -0.150.